The number of hydrogen-bond donors (Lipinski definition) is 1. The number of amides is 1. The van der Waals surface area contributed by atoms with Crippen LogP contribution in [0.2, 0.25) is 0 Å². The van der Waals surface area contributed by atoms with Crippen molar-refractivity contribution in [3.05, 3.63) is 41.7 Å². The van der Waals surface area contributed by atoms with E-state index in [1.165, 1.54) is 6.33 Å². The smallest absolute Gasteiger partial charge is 0.237 e. The summed E-state index contributed by atoms with van der Waals surface area (Å²) in [4.78, 5) is 21.8. The molecule has 0 spiro atoms. The van der Waals surface area contributed by atoms with E-state index in [1.54, 1.807) is 4.90 Å². The Kier molecular flexibility index (Phi) is 2.26. The summed E-state index contributed by atoms with van der Waals surface area (Å²) in [6.45, 7) is 1.99. The molecule has 18 heavy (non-hydrogen) atoms. The number of nitrogens with zero attached hydrogens (tertiary/aromatic N) is 3. The van der Waals surface area contributed by atoms with Crippen LogP contribution in [0.15, 0.2) is 30.6 Å². The predicted octanol–water partition coefficient (Wildman–Crippen LogP) is 1.59. The van der Waals surface area contributed by atoms with Gasteiger partial charge >= 0.3 is 0 Å². The molecule has 0 saturated carbocycles. The number of rotatable bonds is 1. The lowest BCUT2D eigenvalue weighted by Gasteiger charge is -2.16. The highest BCUT2D eigenvalue weighted by molar-refractivity contribution is 6.07. The van der Waals surface area contributed by atoms with Crippen LogP contribution in [0.5, 0.6) is 0 Å². The molecule has 0 unspecified atom stereocenters. The van der Waals surface area contributed by atoms with E-state index < -0.39 is 0 Å². The number of carbonyl (C=O) groups excluding carboxylic acids is 1. The highest BCUT2D eigenvalue weighted by Gasteiger charge is 2.31. The van der Waals surface area contributed by atoms with Crippen molar-refractivity contribution in [3.8, 4) is 0 Å². The first-order valence-corrected chi connectivity index (χ1v) is 5.66. The molecule has 0 atom stereocenters. The molecule has 2 heterocycles. The van der Waals surface area contributed by atoms with Gasteiger partial charge < -0.3 is 5.73 Å². The Morgan fingerprint density at radius 3 is 2.94 bits per heavy atom. The van der Waals surface area contributed by atoms with E-state index in [4.69, 9.17) is 5.73 Å². The molecule has 5 nitrogen and oxygen atoms in total. The maximum atomic E-state index is 12.1. The second kappa shape index (κ2) is 3.80. The fourth-order valence-corrected chi connectivity index (χ4v) is 2.16. The standard InChI is InChI=1S/C13H12N4O/c1-8-3-2-4-9(5-8)17-11(18)6-10-12(14)15-7-16-13(10)17/h2-5,7H,6H2,1H3,(H2,14,15,16). The molecule has 0 aliphatic carbocycles. The zero-order valence-electron chi connectivity index (χ0n) is 9.92. The Morgan fingerprint density at radius 1 is 1.33 bits per heavy atom. The summed E-state index contributed by atoms with van der Waals surface area (Å²) >= 11 is 0. The van der Waals surface area contributed by atoms with Gasteiger partial charge in [-0.05, 0) is 24.6 Å². The van der Waals surface area contributed by atoms with Crippen molar-refractivity contribution >= 4 is 23.2 Å². The minimum absolute atomic E-state index is 0.0252. The first-order valence-electron chi connectivity index (χ1n) is 5.66. The molecule has 1 aromatic carbocycles. The zero-order valence-corrected chi connectivity index (χ0v) is 9.92. The monoisotopic (exact) mass is 240 g/mol. The average Bonchev–Trinajstić information content (AvgIpc) is 2.67. The second-order valence-corrected chi connectivity index (χ2v) is 4.31. The number of aryl methyl sites for hydroxylation is 1. The zero-order chi connectivity index (χ0) is 12.7. The number of carbonyl (C=O) groups is 1. The summed E-state index contributed by atoms with van der Waals surface area (Å²) in [6.07, 6.45) is 1.64. The Morgan fingerprint density at radius 2 is 2.17 bits per heavy atom. The summed E-state index contributed by atoms with van der Waals surface area (Å²) < 4.78 is 0. The van der Waals surface area contributed by atoms with Gasteiger partial charge in [0.05, 0.1) is 12.1 Å². The molecule has 1 amide bonds. The summed E-state index contributed by atoms with van der Waals surface area (Å²) in [5.74, 6) is 0.949. The molecule has 3 rings (SSSR count). The van der Waals surface area contributed by atoms with Gasteiger partial charge in [-0.25, -0.2) is 9.97 Å². The number of aromatic nitrogens is 2. The van der Waals surface area contributed by atoms with Crippen LogP contribution in [0.3, 0.4) is 0 Å². The molecule has 1 aliphatic heterocycles. The van der Waals surface area contributed by atoms with E-state index in [0.29, 0.717) is 17.2 Å². The van der Waals surface area contributed by atoms with Crippen LogP contribution in [0.1, 0.15) is 11.1 Å². The fraction of sp³-hybridized carbons (Fsp3) is 0.154. The number of fused-ring (bicyclic) bond motifs is 1. The third kappa shape index (κ3) is 1.52. The van der Waals surface area contributed by atoms with Gasteiger partial charge in [0.2, 0.25) is 5.91 Å². The van der Waals surface area contributed by atoms with Crippen LogP contribution in [-0.2, 0) is 11.2 Å². The first kappa shape index (κ1) is 10.7. The van der Waals surface area contributed by atoms with Gasteiger partial charge in [0.25, 0.3) is 0 Å². The van der Waals surface area contributed by atoms with E-state index in [2.05, 4.69) is 9.97 Å². The summed E-state index contributed by atoms with van der Waals surface area (Å²) in [6, 6.07) is 7.74. The topological polar surface area (TPSA) is 72.1 Å². The van der Waals surface area contributed by atoms with Crippen molar-refractivity contribution in [2.45, 2.75) is 13.3 Å². The quantitative estimate of drug-likeness (QED) is 0.821. The maximum absolute atomic E-state index is 12.1. The minimum atomic E-state index is -0.0252. The first-order chi connectivity index (χ1) is 8.66. The van der Waals surface area contributed by atoms with E-state index >= 15 is 0 Å². The normalized spacial score (nSPS) is 13.8. The van der Waals surface area contributed by atoms with Crippen LogP contribution in [0, 0.1) is 6.92 Å². The van der Waals surface area contributed by atoms with Crippen molar-refractivity contribution < 1.29 is 4.79 Å². The maximum Gasteiger partial charge on any atom is 0.237 e. The van der Waals surface area contributed by atoms with Gasteiger partial charge in [-0.3, -0.25) is 9.69 Å². The molecule has 5 heteroatoms. The molecule has 1 aliphatic rings. The number of benzene rings is 1. The van der Waals surface area contributed by atoms with Crippen molar-refractivity contribution in [2.75, 3.05) is 10.6 Å². The largest absolute Gasteiger partial charge is 0.383 e. The molecule has 2 aromatic rings. The third-order valence-electron chi connectivity index (χ3n) is 3.01. The van der Waals surface area contributed by atoms with Crippen LogP contribution >= 0.6 is 0 Å². The van der Waals surface area contributed by atoms with Gasteiger partial charge in [-0.15, -0.1) is 0 Å². The number of nitrogen functional groups attached to an aromatic ring is 1. The molecule has 0 saturated heterocycles. The third-order valence-corrected chi connectivity index (χ3v) is 3.01. The van der Waals surface area contributed by atoms with Crippen LogP contribution in [-0.4, -0.2) is 15.9 Å². The summed E-state index contributed by atoms with van der Waals surface area (Å²) in [7, 11) is 0. The number of nitrogens with two attached hydrogens (primary N) is 1. The Hall–Kier alpha value is -2.43. The Bertz CT molecular complexity index is 639. The van der Waals surface area contributed by atoms with Crippen molar-refractivity contribution in [3.63, 3.8) is 0 Å². The fourth-order valence-electron chi connectivity index (χ4n) is 2.16. The summed E-state index contributed by atoms with van der Waals surface area (Å²) in [5, 5.41) is 0. The Labute approximate surface area is 104 Å². The lowest BCUT2D eigenvalue weighted by molar-refractivity contribution is -0.116. The predicted molar refractivity (Wildman–Crippen MR) is 68.5 cm³/mol. The van der Waals surface area contributed by atoms with Crippen molar-refractivity contribution in [2.24, 2.45) is 0 Å². The molecular weight excluding hydrogens is 228 g/mol. The average molecular weight is 240 g/mol. The highest BCUT2D eigenvalue weighted by atomic mass is 16.2. The molecular formula is C13H12N4O. The molecule has 0 radical (unpaired) electrons. The van der Waals surface area contributed by atoms with E-state index in [1.807, 2.05) is 31.2 Å². The second-order valence-electron chi connectivity index (χ2n) is 4.31. The molecule has 0 bridgehead atoms. The number of hydrogen-bond acceptors (Lipinski definition) is 4. The van der Waals surface area contributed by atoms with Crippen molar-refractivity contribution in [1.82, 2.24) is 9.97 Å². The van der Waals surface area contributed by atoms with E-state index in [0.717, 1.165) is 11.3 Å². The lowest BCUT2D eigenvalue weighted by Crippen LogP contribution is -2.21. The minimum Gasteiger partial charge on any atom is -0.383 e. The molecule has 1 aromatic heterocycles. The van der Waals surface area contributed by atoms with Gasteiger partial charge in [0.1, 0.15) is 18.0 Å². The van der Waals surface area contributed by atoms with E-state index in [-0.39, 0.29) is 12.3 Å². The number of anilines is 3. The van der Waals surface area contributed by atoms with Crippen molar-refractivity contribution in [1.29, 1.82) is 0 Å². The van der Waals surface area contributed by atoms with Crippen LogP contribution < -0.4 is 10.6 Å². The van der Waals surface area contributed by atoms with Gasteiger partial charge in [-0.2, -0.15) is 0 Å². The highest BCUT2D eigenvalue weighted by Crippen LogP contribution is 2.35. The molecule has 2 N–H and O–H groups in total. The summed E-state index contributed by atoms with van der Waals surface area (Å²) in [5.41, 5.74) is 8.40. The van der Waals surface area contributed by atoms with E-state index in [9.17, 15) is 4.79 Å². The lowest BCUT2D eigenvalue weighted by atomic mass is 10.2. The van der Waals surface area contributed by atoms with Gasteiger partial charge in [0, 0.05) is 5.56 Å². The SMILES string of the molecule is Cc1cccc(N2C(=O)Cc3c(N)ncnc32)c1. The Balaban J connectivity index is 2.15. The van der Waals surface area contributed by atoms with Crippen LogP contribution in [0.4, 0.5) is 17.3 Å². The molecule has 0 fully saturated rings. The molecule has 90 valence electrons. The van der Waals surface area contributed by atoms with Gasteiger partial charge in [-0.1, -0.05) is 12.1 Å². The van der Waals surface area contributed by atoms with Crippen LogP contribution in [0.25, 0.3) is 0 Å². The van der Waals surface area contributed by atoms with Gasteiger partial charge in [0.15, 0.2) is 0 Å².